The molecule has 2 rings (SSSR count). The second-order valence-corrected chi connectivity index (χ2v) is 6.33. The third-order valence-electron chi connectivity index (χ3n) is 2.77. The van der Waals surface area contributed by atoms with Gasteiger partial charge in [-0.25, -0.2) is 4.79 Å². The minimum atomic E-state index is -0.217. The first-order valence-corrected chi connectivity index (χ1v) is 7.05. The van der Waals surface area contributed by atoms with Gasteiger partial charge in [0.05, 0.1) is 5.00 Å². The maximum absolute atomic E-state index is 11.7. The molecule has 0 spiro atoms. The lowest BCUT2D eigenvalue weighted by Crippen LogP contribution is -2.19. The molecular formula is C15H18N2OS. The van der Waals surface area contributed by atoms with E-state index in [0.717, 1.165) is 10.7 Å². The number of carbonyl (C=O) groups excluding carboxylic acids is 1. The van der Waals surface area contributed by atoms with Crippen LogP contribution < -0.4 is 10.6 Å². The summed E-state index contributed by atoms with van der Waals surface area (Å²) in [5.74, 6) is 0. The highest BCUT2D eigenvalue weighted by atomic mass is 32.1. The van der Waals surface area contributed by atoms with E-state index in [4.69, 9.17) is 0 Å². The molecule has 0 aliphatic rings. The molecule has 2 amide bonds. The van der Waals surface area contributed by atoms with E-state index in [2.05, 4.69) is 31.4 Å². The van der Waals surface area contributed by atoms with Crippen LogP contribution in [0.25, 0.3) is 0 Å². The summed E-state index contributed by atoms with van der Waals surface area (Å²) in [6.07, 6.45) is 0. The molecule has 0 aliphatic heterocycles. The highest BCUT2D eigenvalue weighted by Crippen LogP contribution is 2.23. The first-order valence-electron chi connectivity index (χ1n) is 6.17. The van der Waals surface area contributed by atoms with Crippen LogP contribution in [0.4, 0.5) is 15.5 Å². The van der Waals surface area contributed by atoms with E-state index in [1.54, 1.807) is 0 Å². The van der Waals surface area contributed by atoms with Gasteiger partial charge in [0.25, 0.3) is 0 Å². The summed E-state index contributed by atoms with van der Waals surface area (Å²) in [4.78, 5) is 11.7. The summed E-state index contributed by atoms with van der Waals surface area (Å²) < 4.78 is 0. The molecule has 0 aliphatic carbocycles. The standard InChI is InChI=1S/C15H18N2OS/c1-15(2,3)11-6-8-12(9-7-11)16-14(18)17-13-5-4-10-19-13/h4-10H,1-3H3,(H2,16,17,18). The van der Waals surface area contributed by atoms with Crippen LogP contribution in [-0.4, -0.2) is 6.03 Å². The van der Waals surface area contributed by atoms with Gasteiger partial charge in [-0.1, -0.05) is 32.9 Å². The first kappa shape index (κ1) is 13.6. The maximum Gasteiger partial charge on any atom is 0.324 e. The topological polar surface area (TPSA) is 41.1 Å². The summed E-state index contributed by atoms with van der Waals surface area (Å²) in [7, 11) is 0. The first-order chi connectivity index (χ1) is 8.95. The lowest BCUT2D eigenvalue weighted by molar-refractivity contribution is 0.262. The highest BCUT2D eigenvalue weighted by molar-refractivity contribution is 7.14. The monoisotopic (exact) mass is 274 g/mol. The van der Waals surface area contributed by atoms with Gasteiger partial charge >= 0.3 is 6.03 Å². The van der Waals surface area contributed by atoms with E-state index < -0.39 is 0 Å². The van der Waals surface area contributed by atoms with Gasteiger partial charge < -0.3 is 5.32 Å². The molecule has 0 radical (unpaired) electrons. The summed E-state index contributed by atoms with van der Waals surface area (Å²) in [6.45, 7) is 6.50. The van der Waals surface area contributed by atoms with Crippen LogP contribution in [0.5, 0.6) is 0 Å². The van der Waals surface area contributed by atoms with Crippen LogP contribution in [0.2, 0.25) is 0 Å². The van der Waals surface area contributed by atoms with Crippen LogP contribution >= 0.6 is 11.3 Å². The Morgan fingerprint density at radius 1 is 1.05 bits per heavy atom. The Kier molecular flexibility index (Phi) is 3.90. The minimum absolute atomic E-state index is 0.123. The quantitative estimate of drug-likeness (QED) is 0.819. The molecule has 0 saturated heterocycles. The van der Waals surface area contributed by atoms with Crippen LogP contribution in [0.1, 0.15) is 26.3 Å². The number of nitrogens with one attached hydrogen (secondary N) is 2. The molecule has 0 saturated carbocycles. The smallest absolute Gasteiger partial charge is 0.308 e. The molecule has 19 heavy (non-hydrogen) atoms. The molecule has 0 unspecified atom stereocenters. The van der Waals surface area contributed by atoms with E-state index in [1.165, 1.54) is 16.9 Å². The fraction of sp³-hybridized carbons (Fsp3) is 0.267. The van der Waals surface area contributed by atoms with Gasteiger partial charge in [-0.3, -0.25) is 5.32 Å². The summed E-state index contributed by atoms with van der Waals surface area (Å²) in [5.41, 5.74) is 2.16. The van der Waals surface area contributed by atoms with E-state index in [-0.39, 0.29) is 11.4 Å². The molecule has 2 N–H and O–H groups in total. The molecule has 100 valence electrons. The zero-order valence-corrected chi connectivity index (χ0v) is 12.2. The van der Waals surface area contributed by atoms with Gasteiger partial charge in [-0.05, 0) is 40.6 Å². The molecule has 1 aromatic heterocycles. The average Bonchev–Trinajstić information content (AvgIpc) is 2.81. The van der Waals surface area contributed by atoms with Crippen LogP contribution in [0, 0.1) is 0 Å². The van der Waals surface area contributed by atoms with Crippen molar-refractivity contribution in [1.82, 2.24) is 0 Å². The second kappa shape index (κ2) is 5.45. The highest BCUT2D eigenvalue weighted by Gasteiger charge is 2.13. The number of carbonyl (C=O) groups is 1. The van der Waals surface area contributed by atoms with Crippen molar-refractivity contribution in [2.45, 2.75) is 26.2 Å². The summed E-state index contributed by atoms with van der Waals surface area (Å²) >= 11 is 1.50. The number of benzene rings is 1. The van der Waals surface area contributed by atoms with Crippen molar-refractivity contribution in [1.29, 1.82) is 0 Å². The molecule has 4 heteroatoms. The lowest BCUT2D eigenvalue weighted by atomic mass is 9.87. The summed E-state index contributed by atoms with van der Waals surface area (Å²) in [6, 6.07) is 11.5. The SMILES string of the molecule is CC(C)(C)c1ccc(NC(=O)Nc2cccs2)cc1. The van der Waals surface area contributed by atoms with Gasteiger partial charge in [0.15, 0.2) is 0 Å². The fourth-order valence-electron chi connectivity index (χ4n) is 1.68. The number of hydrogen-bond acceptors (Lipinski definition) is 2. The molecule has 2 aromatic rings. The number of rotatable bonds is 2. The number of anilines is 2. The Labute approximate surface area is 117 Å². The van der Waals surface area contributed by atoms with Crippen molar-refractivity contribution in [3.05, 3.63) is 47.3 Å². The minimum Gasteiger partial charge on any atom is -0.308 e. The second-order valence-electron chi connectivity index (χ2n) is 5.38. The third kappa shape index (κ3) is 3.83. The molecular weight excluding hydrogens is 256 g/mol. The van der Waals surface area contributed by atoms with Crippen LogP contribution in [-0.2, 0) is 5.41 Å². The molecule has 1 aromatic carbocycles. The number of thiophene rings is 1. The Hall–Kier alpha value is -1.81. The van der Waals surface area contributed by atoms with Crippen molar-refractivity contribution in [3.63, 3.8) is 0 Å². The Balaban J connectivity index is 1.98. The Morgan fingerprint density at radius 3 is 2.26 bits per heavy atom. The van der Waals surface area contributed by atoms with Crippen molar-refractivity contribution in [3.8, 4) is 0 Å². The van der Waals surface area contributed by atoms with E-state index in [1.807, 2.05) is 41.8 Å². The van der Waals surface area contributed by atoms with Gasteiger partial charge in [-0.2, -0.15) is 0 Å². The van der Waals surface area contributed by atoms with Gasteiger partial charge in [0.1, 0.15) is 0 Å². The van der Waals surface area contributed by atoms with E-state index in [9.17, 15) is 4.79 Å². The largest absolute Gasteiger partial charge is 0.324 e. The molecule has 0 bridgehead atoms. The van der Waals surface area contributed by atoms with Gasteiger partial charge in [-0.15, -0.1) is 11.3 Å². The zero-order valence-electron chi connectivity index (χ0n) is 11.4. The lowest BCUT2D eigenvalue weighted by Gasteiger charge is -2.19. The average molecular weight is 274 g/mol. The van der Waals surface area contributed by atoms with Gasteiger partial charge in [0, 0.05) is 5.69 Å². The van der Waals surface area contributed by atoms with E-state index in [0.29, 0.717) is 0 Å². The van der Waals surface area contributed by atoms with Crippen molar-refractivity contribution >= 4 is 28.1 Å². The number of hydrogen-bond donors (Lipinski definition) is 2. The normalized spacial score (nSPS) is 11.1. The van der Waals surface area contributed by atoms with Crippen molar-refractivity contribution < 1.29 is 4.79 Å². The van der Waals surface area contributed by atoms with Crippen molar-refractivity contribution in [2.24, 2.45) is 0 Å². The molecule has 1 heterocycles. The molecule has 0 fully saturated rings. The predicted octanol–water partition coefficient (Wildman–Crippen LogP) is 4.69. The van der Waals surface area contributed by atoms with Gasteiger partial charge in [0.2, 0.25) is 0 Å². The number of urea groups is 1. The Bertz CT molecular complexity index is 539. The van der Waals surface area contributed by atoms with Crippen LogP contribution in [0.3, 0.4) is 0 Å². The van der Waals surface area contributed by atoms with Crippen molar-refractivity contribution in [2.75, 3.05) is 10.6 Å². The zero-order chi connectivity index (χ0) is 13.9. The number of amides is 2. The summed E-state index contributed by atoms with van der Waals surface area (Å²) in [5, 5.41) is 8.36. The maximum atomic E-state index is 11.7. The van der Waals surface area contributed by atoms with E-state index >= 15 is 0 Å². The predicted molar refractivity (Wildman–Crippen MR) is 82.1 cm³/mol. The fourth-order valence-corrected chi connectivity index (χ4v) is 2.29. The van der Waals surface area contributed by atoms with Crippen LogP contribution in [0.15, 0.2) is 41.8 Å². The molecule has 3 nitrogen and oxygen atoms in total. The molecule has 0 atom stereocenters. The third-order valence-corrected chi connectivity index (χ3v) is 3.55. The Morgan fingerprint density at radius 2 is 1.74 bits per heavy atom.